The molecule has 0 saturated heterocycles. The summed E-state index contributed by atoms with van der Waals surface area (Å²) in [4.78, 5) is 36.1. The van der Waals surface area contributed by atoms with E-state index in [1.165, 1.54) is 7.11 Å². The number of anilines is 1. The van der Waals surface area contributed by atoms with Gasteiger partial charge in [0.15, 0.2) is 18.1 Å². The van der Waals surface area contributed by atoms with Crippen molar-refractivity contribution < 1.29 is 23.9 Å². The summed E-state index contributed by atoms with van der Waals surface area (Å²) in [6.45, 7) is 7.57. The van der Waals surface area contributed by atoms with E-state index in [1.54, 1.807) is 30.3 Å². The summed E-state index contributed by atoms with van der Waals surface area (Å²) >= 11 is 0. The maximum absolute atomic E-state index is 12.5. The maximum atomic E-state index is 12.5. The van der Waals surface area contributed by atoms with Crippen LogP contribution >= 0.6 is 0 Å². The number of hydrogen-bond acceptors (Lipinski definition) is 5. The molecule has 2 aromatic carbocycles. The number of amides is 3. The van der Waals surface area contributed by atoms with Crippen molar-refractivity contribution in [2.45, 2.75) is 40.3 Å². The molecule has 0 fully saturated rings. The van der Waals surface area contributed by atoms with Gasteiger partial charge in [0.1, 0.15) is 0 Å². The van der Waals surface area contributed by atoms with Crippen molar-refractivity contribution in [3.05, 3.63) is 53.6 Å². The number of carbonyl (C=O) groups is 3. The van der Waals surface area contributed by atoms with Crippen LogP contribution < -0.4 is 25.4 Å². The average Bonchev–Trinajstić information content (AvgIpc) is 2.76. The van der Waals surface area contributed by atoms with Crippen LogP contribution in [-0.4, -0.2) is 37.5 Å². The predicted molar refractivity (Wildman–Crippen MR) is 123 cm³/mol. The van der Waals surface area contributed by atoms with Crippen LogP contribution in [0.5, 0.6) is 11.5 Å². The van der Waals surface area contributed by atoms with Crippen molar-refractivity contribution in [3.63, 3.8) is 0 Å². The number of ether oxygens (including phenoxy) is 2. The van der Waals surface area contributed by atoms with Crippen LogP contribution in [0.1, 0.15) is 43.6 Å². The molecule has 0 saturated carbocycles. The van der Waals surface area contributed by atoms with Gasteiger partial charge in [-0.15, -0.1) is 0 Å². The molecule has 0 aliphatic carbocycles. The third-order valence-corrected chi connectivity index (χ3v) is 4.43. The highest BCUT2D eigenvalue weighted by Gasteiger charge is 2.13. The van der Waals surface area contributed by atoms with Gasteiger partial charge in [0.2, 0.25) is 5.91 Å². The van der Waals surface area contributed by atoms with E-state index in [9.17, 15) is 14.4 Å². The molecule has 0 bridgehead atoms. The predicted octanol–water partition coefficient (Wildman–Crippen LogP) is 3.12. The van der Waals surface area contributed by atoms with E-state index in [0.717, 1.165) is 5.56 Å². The van der Waals surface area contributed by atoms with Gasteiger partial charge in [0, 0.05) is 29.8 Å². The molecule has 0 radical (unpaired) electrons. The van der Waals surface area contributed by atoms with Gasteiger partial charge in [-0.2, -0.15) is 0 Å². The number of rotatable bonds is 10. The monoisotopic (exact) mass is 441 g/mol. The molecule has 0 atom stereocenters. The lowest BCUT2D eigenvalue weighted by molar-refractivity contribution is -0.123. The van der Waals surface area contributed by atoms with Crippen LogP contribution in [0.25, 0.3) is 0 Å². The van der Waals surface area contributed by atoms with Crippen molar-refractivity contribution in [1.82, 2.24) is 10.6 Å². The van der Waals surface area contributed by atoms with Crippen molar-refractivity contribution in [2.24, 2.45) is 5.92 Å². The van der Waals surface area contributed by atoms with E-state index >= 15 is 0 Å². The van der Waals surface area contributed by atoms with Crippen LogP contribution in [-0.2, 0) is 16.1 Å². The van der Waals surface area contributed by atoms with E-state index < -0.39 is 0 Å². The van der Waals surface area contributed by atoms with Gasteiger partial charge in [-0.1, -0.05) is 26.0 Å². The Morgan fingerprint density at radius 2 is 1.62 bits per heavy atom. The van der Waals surface area contributed by atoms with Gasteiger partial charge in [0.05, 0.1) is 7.11 Å². The molecular weight excluding hydrogens is 410 g/mol. The molecule has 0 unspecified atom stereocenters. The van der Waals surface area contributed by atoms with Crippen LogP contribution in [0.2, 0.25) is 0 Å². The minimum Gasteiger partial charge on any atom is -0.493 e. The molecule has 0 heterocycles. The lowest BCUT2D eigenvalue weighted by atomic mass is 10.1. The fourth-order valence-corrected chi connectivity index (χ4v) is 2.71. The highest BCUT2D eigenvalue weighted by atomic mass is 16.5. The second kappa shape index (κ2) is 11.7. The van der Waals surface area contributed by atoms with Crippen LogP contribution in [0.4, 0.5) is 5.69 Å². The fourth-order valence-electron chi connectivity index (χ4n) is 2.71. The summed E-state index contributed by atoms with van der Waals surface area (Å²) in [5.74, 6) is 0.0819. The van der Waals surface area contributed by atoms with Gasteiger partial charge >= 0.3 is 0 Å². The van der Waals surface area contributed by atoms with Crippen molar-refractivity contribution in [2.75, 3.05) is 19.0 Å². The smallest absolute Gasteiger partial charge is 0.258 e. The van der Waals surface area contributed by atoms with E-state index in [2.05, 4.69) is 16.0 Å². The fraction of sp³-hybridized carbons (Fsp3) is 0.375. The molecular formula is C24H31N3O5. The molecule has 32 heavy (non-hydrogen) atoms. The zero-order valence-corrected chi connectivity index (χ0v) is 19.2. The molecule has 0 aliphatic heterocycles. The third kappa shape index (κ3) is 7.61. The minimum atomic E-state index is -0.274. The molecule has 2 aromatic rings. The third-order valence-electron chi connectivity index (χ3n) is 4.43. The Hall–Kier alpha value is -3.55. The van der Waals surface area contributed by atoms with Gasteiger partial charge < -0.3 is 25.4 Å². The topological polar surface area (TPSA) is 106 Å². The average molecular weight is 442 g/mol. The normalized spacial score (nSPS) is 10.6. The van der Waals surface area contributed by atoms with Gasteiger partial charge in [-0.3, -0.25) is 14.4 Å². The maximum Gasteiger partial charge on any atom is 0.258 e. The van der Waals surface area contributed by atoms with Crippen LogP contribution in [0.15, 0.2) is 42.5 Å². The Balaban J connectivity index is 1.94. The minimum absolute atomic E-state index is 0.0223. The highest BCUT2D eigenvalue weighted by Crippen LogP contribution is 2.28. The lowest BCUT2D eigenvalue weighted by Crippen LogP contribution is -2.34. The van der Waals surface area contributed by atoms with Crippen LogP contribution in [0.3, 0.4) is 0 Å². The summed E-state index contributed by atoms with van der Waals surface area (Å²) < 4.78 is 10.8. The Kier molecular flexibility index (Phi) is 9.07. The Morgan fingerprint density at radius 3 is 2.22 bits per heavy atom. The SMILES string of the molecule is COc1cc(C(=O)NCc2ccc(NC(=O)C(C)C)cc2)ccc1OCC(=O)NC(C)C. The first-order valence-electron chi connectivity index (χ1n) is 10.5. The van der Waals surface area contributed by atoms with Crippen LogP contribution in [0, 0.1) is 5.92 Å². The van der Waals surface area contributed by atoms with E-state index in [-0.39, 0.29) is 36.3 Å². The molecule has 8 heteroatoms. The van der Waals surface area contributed by atoms with Crippen molar-refractivity contribution >= 4 is 23.4 Å². The van der Waals surface area contributed by atoms with Gasteiger partial charge in [0.25, 0.3) is 11.8 Å². The van der Waals surface area contributed by atoms with E-state index in [1.807, 2.05) is 39.8 Å². The molecule has 0 spiro atoms. The van der Waals surface area contributed by atoms with Gasteiger partial charge in [-0.05, 0) is 49.7 Å². The molecule has 2 rings (SSSR count). The van der Waals surface area contributed by atoms with Gasteiger partial charge in [-0.25, -0.2) is 0 Å². The standard InChI is InChI=1S/C24H31N3O5/c1-15(2)23(29)27-19-9-6-17(7-10-19)13-25-24(30)18-8-11-20(21(12-18)31-5)32-14-22(28)26-16(3)4/h6-12,15-16H,13-14H2,1-5H3,(H,25,30)(H,26,28)(H,27,29). The first kappa shape index (κ1) is 24.7. The Morgan fingerprint density at radius 1 is 0.938 bits per heavy atom. The summed E-state index contributed by atoms with van der Waals surface area (Å²) in [5.41, 5.74) is 2.01. The zero-order valence-electron chi connectivity index (χ0n) is 19.2. The summed E-state index contributed by atoms with van der Waals surface area (Å²) in [7, 11) is 1.47. The molecule has 0 aromatic heterocycles. The number of benzene rings is 2. The number of hydrogen-bond donors (Lipinski definition) is 3. The summed E-state index contributed by atoms with van der Waals surface area (Å²) in [6, 6.07) is 12.1. The van der Waals surface area contributed by atoms with E-state index in [4.69, 9.17) is 9.47 Å². The first-order chi connectivity index (χ1) is 15.2. The first-order valence-corrected chi connectivity index (χ1v) is 10.5. The van der Waals surface area contributed by atoms with E-state index in [0.29, 0.717) is 29.3 Å². The Labute approximate surface area is 188 Å². The molecule has 3 amide bonds. The highest BCUT2D eigenvalue weighted by molar-refractivity contribution is 5.95. The largest absolute Gasteiger partial charge is 0.493 e. The number of carbonyl (C=O) groups excluding carboxylic acids is 3. The summed E-state index contributed by atoms with van der Waals surface area (Å²) in [5, 5.41) is 8.42. The number of nitrogens with one attached hydrogen (secondary N) is 3. The second-order valence-corrected chi connectivity index (χ2v) is 7.90. The number of methoxy groups -OCH3 is 1. The lowest BCUT2D eigenvalue weighted by Gasteiger charge is -2.13. The van der Waals surface area contributed by atoms with Crippen molar-refractivity contribution in [1.29, 1.82) is 0 Å². The quantitative estimate of drug-likeness (QED) is 0.525. The molecule has 172 valence electrons. The zero-order chi connectivity index (χ0) is 23.7. The summed E-state index contributed by atoms with van der Waals surface area (Å²) in [6.07, 6.45) is 0. The molecule has 0 aliphatic rings. The second-order valence-electron chi connectivity index (χ2n) is 7.90. The molecule has 8 nitrogen and oxygen atoms in total. The molecule has 3 N–H and O–H groups in total. The Bertz CT molecular complexity index is 939. The van der Waals surface area contributed by atoms with Crippen molar-refractivity contribution in [3.8, 4) is 11.5 Å².